The largest absolute Gasteiger partial charge is 0.361 e. The SMILES string of the molecule is O=C(NCCc1c[nH]c2ccc(F)cc12)C1CCCc2cccnc21. The molecular formula is C20H20FN3O. The lowest BCUT2D eigenvalue weighted by atomic mass is 9.86. The van der Waals surface area contributed by atoms with E-state index in [9.17, 15) is 9.18 Å². The minimum atomic E-state index is -0.248. The fraction of sp³-hybridized carbons (Fsp3) is 0.300. The molecule has 0 spiro atoms. The van der Waals surface area contributed by atoms with Crippen LogP contribution >= 0.6 is 0 Å². The maximum Gasteiger partial charge on any atom is 0.229 e. The number of rotatable bonds is 4. The third-order valence-corrected chi connectivity index (χ3v) is 4.93. The van der Waals surface area contributed by atoms with E-state index in [1.807, 2.05) is 12.3 Å². The molecular weight excluding hydrogens is 317 g/mol. The van der Waals surface area contributed by atoms with Gasteiger partial charge in [0.25, 0.3) is 0 Å². The fourth-order valence-electron chi connectivity index (χ4n) is 3.67. The number of aromatic nitrogens is 2. The van der Waals surface area contributed by atoms with Gasteiger partial charge in [-0.1, -0.05) is 6.07 Å². The van der Waals surface area contributed by atoms with Crippen molar-refractivity contribution in [1.82, 2.24) is 15.3 Å². The minimum Gasteiger partial charge on any atom is -0.361 e. The maximum atomic E-state index is 13.4. The molecule has 0 saturated heterocycles. The van der Waals surface area contributed by atoms with Gasteiger partial charge in [-0.2, -0.15) is 0 Å². The molecule has 1 atom stereocenters. The number of carbonyl (C=O) groups is 1. The third-order valence-electron chi connectivity index (χ3n) is 4.93. The Morgan fingerprint density at radius 1 is 1.36 bits per heavy atom. The first-order valence-electron chi connectivity index (χ1n) is 8.69. The van der Waals surface area contributed by atoms with Gasteiger partial charge in [-0.3, -0.25) is 9.78 Å². The van der Waals surface area contributed by atoms with E-state index in [1.54, 1.807) is 12.3 Å². The lowest BCUT2D eigenvalue weighted by Gasteiger charge is -2.23. The predicted molar refractivity (Wildman–Crippen MR) is 94.9 cm³/mol. The van der Waals surface area contributed by atoms with Crippen LogP contribution in [0.25, 0.3) is 10.9 Å². The minimum absolute atomic E-state index is 0.0330. The van der Waals surface area contributed by atoms with Gasteiger partial charge in [-0.05, 0) is 61.1 Å². The molecule has 1 aromatic carbocycles. The summed E-state index contributed by atoms with van der Waals surface area (Å²) in [6, 6.07) is 8.69. The Bertz CT molecular complexity index is 918. The standard InChI is InChI=1S/C20H20FN3O/c21-15-6-7-18-17(11-15)14(12-24-18)8-10-23-20(25)16-5-1-3-13-4-2-9-22-19(13)16/h2,4,6-7,9,11-12,16,24H,1,3,5,8,10H2,(H,23,25). The van der Waals surface area contributed by atoms with Crippen LogP contribution in [0.1, 0.15) is 35.6 Å². The average molecular weight is 337 g/mol. The zero-order valence-corrected chi connectivity index (χ0v) is 13.9. The second-order valence-corrected chi connectivity index (χ2v) is 6.54. The van der Waals surface area contributed by atoms with Crippen molar-refractivity contribution >= 4 is 16.8 Å². The van der Waals surface area contributed by atoms with Gasteiger partial charge < -0.3 is 10.3 Å². The van der Waals surface area contributed by atoms with Crippen LogP contribution in [-0.4, -0.2) is 22.4 Å². The van der Waals surface area contributed by atoms with Gasteiger partial charge in [-0.25, -0.2) is 4.39 Å². The summed E-state index contributed by atoms with van der Waals surface area (Å²) in [5.41, 5.74) is 4.02. The van der Waals surface area contributed by atoms with Crippen molar-refractivity contribution in [2.45, 2.75) is 31.6 Å². The summed E-state index contributed by atoms with van der Waals surface area (Å²) in [5.74, 6) is -0.377. The molecule has 2 aromatic heterocycles. The molecule has 0 aliphatic heterocycles. The summed E-state index contributed by atoms with van der Waals surface area (Å²) in [6.07, 6.45) is 7.15. The van der Waals surface area contributed by atoms with Crippen LogP contribution in [0.3, 0.4) is 0 Å². The smallest absolute Gasteiger partial charge is 0.229 e. The molecule has 4 rings (SSSR count). The average Bonchev–Trinajstić information content (AvgIpc) is 3.03. The van der Waals surface area contributed by atoms with E-state index in [0.717, 1.165) is 41.4 Å². The zero-order chi connectivity index (χ0) is 17.2. The van der Waals surface area contributed by atoms with Crippen molar-refractivity contribution in [2.24, 2.45) is 0 Å². The molecule has 3 aromatic rings. The lowest BCUT2D eigenvalue weighted by Crippen LogP contribution is -2.33. The van der Waals surface area contributed by atoms with Crippen LogP contribution in [0.2, 0.25) is 0 Å². The summed E-state index contributed by atoms with van der Waals surface area (Å²) >= 11 is 0. The molecule has 4 nitrogen and oxygen atoms in total. The van der Waals surface area contributed by atoms with Crippen molar-refractivity contribution < 1.29 is 9.18 Å². The van der Waals surface area contributed by atoms with Crippen molar-refractivity contribution in [1.29, 1.82) is 0 Å². The second kappa shape index (κ2) is 6.67. The van der Waals surface area contributed by atoms with E-state index >= 15 is 0 Å². The van der Waals surface area contributed by atoms with Gasteiger partial charge >= 0.3 is 0 Å². The van der Waals surface area contributed by atoms with E-state index in [0.29, 0.717) is 13.0 Å². The highest BCUT2D eigenvalue weighted by Gasteiger charge is 2.27. The first-order valence-corrected chi connectivity index (χ1v) is 8.69. The van der Waals surface area contributed by atoms with Gasteiger partial charge in [-0.15, -0.1) is 0 Å². The molecule has 128 valence electrons. The van der Waals surface area contributed by atoms with Gasteiger partial charge in [0.15, 0.2) is 0 Å². The number of pyridine rings is 1. The number of fused-ring (bicyclic) bond motifs is 2. The third kappa shape index (κ3) is 3.14. The highest BCUT2D eigenvalue weighted by molar-refractivity contribution is 5.85. The molecule has 1 amide bonds. The maximum absolute atomic E-state index is 13.4. The van der Waals surface area contributed by atoms with Gasteiger partial charge in [0, 0.05) is 29.8 Å². The summed E-state index contributed by atoms with van der Waals surface area (Å²) < 4.78 is 13.4. The molecule has 2 heterocycles. The second-order valence-electron chi connectivity index (χ2n) is 6.54. The van der Waals surface area contributed by atoms with E-state index in [2.05, 4.69) is 21.4 Å². The zero-order valence-electron chi connectivity index (χ0n) is 13.9. The number of hydrogen-bond donors (Lipinski definition) is 2. The summed E-state index contributed by atoms with van der Waals surface area (Å²) in [6.45, 7) is 0.529. The quantitative estimate of drug-likeness (QED) is 0.766. The Kier molecular flexibility index (Phi) is 4.22. The Labute approximate surface area is 145 Å². The van der Waals surface area contributed by atoms with Crippen LogP contribution < -0.4 is 5.32 Å². The Hall–Kier alpha value is -2.69. The summed E-state index contributed by atoms with van der Waals surface area (Å²) in [5, 5.41) is 3.90. The number of halogens is 1. The van der Waals surface area contributed by atoms with Crippen LogP contribution in [0.15, 0.2) is 42.7 Å². The first-order chi connectivity index (χ1) is 12.2. The number of aryl methyl sites for hydroxylation is 1. The Balaban J connectivity index is 1.42. The van der Waals surface area contributed by atoms with Crippen LogP contribution in [0.5, 0.6) is 0 Å². The van der Waals surface area contributed by atoms with Gasteiger partial charge in [0.1, 0.15) is 5.82 Å². The molecule has 0 bridgehead atoms. The molecule has 0 fully saturated rings. The molecule has 1 aliphatic rings. The number of benzene rings is 1. The molecule has 2 N–H and O–H groups in total. The number of amides is 1. The number of aromatic amines is 1. The van der Waals surface area contributed by atoms with Crippen molar-refractivity contribution in [2.75, 3.05) is 6.54 Å². The van der Waals surface area contributed by atoms with Crippen LogP contribution in [-0.2, 0) is 17.6 Å². The van der Waals surface area contributed by atoms with Crippen LogP contribution in [0, 0.1) is 5.82 Å². The van der Waals surface area contributed by atoms with Crippen molar-refractivity contribution in [3.05, 3.63) is 65.4 Å². The van der Waals surface area contributed by atoms with Gasteiger partial charge in [0.05, 0.1) is 11.6 Å². The highest BCUT2D eigenvalue weighted by atomic mass is 19.1. The summed E-state index contributed by atoms with van der Waals surface area (Å²) in [4.78, 5) is 20.2. The number of carbonyl (C=O) groups excluding carboxylic acids is 1. The Morgan fingerprint density at radius 3 is 3.20 bits per heavy atom. The molecule has 0 saturated carbocycles. The van der Waals surface area contributed by atoms with Crippen LogP contribution in [0.4, 0.5) is 4.39 Å². The molecule has 1 aliphatic carbocycles. The molecule has 25 heavy (non-hydrogen) atoms. The van der Waals surface area contributed by atoms with E-state index in [-0.39, 0.29) is 17.6 Å². The fourth-order valence-corrected chi connectivity index (χ4v) is 3.67. The predicted octanol–water partition coefficient (Wildman–Crippen LogP) is 3.48. The van der Waals surface area contributed by atoms with E-state index in [1.165, 1.54) is 17.7 Å². The molecule has 0 radical (unpaired) electrons. The van der Waals surface area contributed by atoms with Crippen molar-refractivity contribution in [3.63, 3.8) is 0 Å². The van der Waals surface area contributed by atoms with Crippen molar-refractivity contribution in [3.8, 4) is 0 Å². The Morgan fingerprint density at radius 2 is 2.28 bits per heavy atom. The summed E-state index contributed by atoms with van der Waals surface area (Å²) in [7, 11) is 0. The lowest BCUT2D eigenvalue weighted by molar-refractivity contribution is -0.122. The number of nitrogens with zero attached hydrogens (tertiary/aromatic N) is 1. The first kappa shape index (κ1) is 15.8. The van der Waals surface area contributed by atoms with Gasteiger partial charge in [0.2, 0.25) is 5.91 Å². The van der Waals surface area contributed by atoms with E-state index < -0.39 is 0 Å². The molecule has 5 heteroatoms. The topological polar surface area (TPSA) is 57.8 Å². The molecule has 1 unspecified atom stereocenters. The normalized spacial score (nSPS) is 16.6. The number of H-pyrrole nitrogens is 1. The van der Waals surface area contributed by atoms with E-state index in [4.69, 9.17) is 0 Å². The number of nitrogens with one attached hydrogen (secondary N) is 2. The number of hydrogen-bond acceptors (Lipinski definition) is 2. The highest BCUT2D eigenvalue weighted by Crippen LogP contribution is 2.29. The monoisotopic (exact) mass is 337 g/mol.